The van der Waals surface area contributed by atoms with Crippen molar-refractivity contribution in [2.45, 2.75) is 18.3 Å². The highest BCUT2D eigenvalue weighted by atomic mass is 16.2. The Morgan fingerprint density at radius 3 is 2.54 bits per heavy atom. The summed E-state index contributed by atoms with van der Waals surface area (Å²) in [5, 5.41) is 0. The summed E-state index contributed by atoms with van der Waals surface area (Å²) in [7, 11) is 3.68. The number of carbonyl (C=O) groups is 2. The van der Waals surface area contributed by atoms with Crippen molar-refractivity contribution in [2.24, 2.45) is 7.05 Å². The fraction of sp³-hybridized carbons (Fsp3) is 0.389. The third kappa shape index (κ3) is 1.99. The Morgan fingerprint density at radius 2 is 1.88 bits per heavy atom. The summed E-state index contributed by atoms with van der Waals surface area (Å²) in [5.41, 5.74) is 2.07. The molecule has 2 aliphatic rings. The number of imidazole rings is 1. The molecule has 0 bridgehead atoms. The number of nitrogens with zero attached hydrogens (tertiary/aromatic N) is 4. The van der Waals surface area contributed by atoms with E-state index >= 15 is 0 Å². The normalized spacial score (nSPS) is 19.0. The smallest absolute Gasteiger partial charge is 0.274 e. The number of hydrogen-bond donors (Lipinski definition) is 0. The molecule has 1 aromatic heterocycles. The predicted molar refractivity (Wildman–Crippen MR) is 89.9 cm³/mol. The van der Waals surface area contributed by atoms with Crippen molar-refractivity contribution in [3.8, 4) is 0 Å². The Labute approximate surface area is 140 Å². The lowest BCUT2D eigenvalue weighted by atomic mass is 9.73. The van der Waals surface area contributed by atoms with Gasteiger partial charge in [0.1, 0.15) is 5.69 Å². The lowest BCUT2D eigenvalue weighted by molar-refractivity contribution is -0.124. The summed E-state index contributed by atoms with van der Waals surface area (Å²) < 4.78 is 1.77. The van der Waals surface area contributed by atoms with Crippen molar-refractivity contribution >= 4 is 17.5 Å². The summed E-state index contributed by atoms with van der Waals surface area (Å²) in [4.78, 5) is 33.2. The van der Waals surface area contributed by atoms with Crippen LogP contribution in [-0.2, 0) is 17.3 Å². The van der Waals surface area contributed by atoms with Crippen LogP contribution in [0.15, 0.2) is 36.8 Å². The van der Waals surface area contributed by atoms with E-state index in [1.54, 1.807) is 22.0 Å². The van der Waals surface area contributed by atoms with Crippen LogP contribution in [0.25, 0.3) is 0 Å². The average molecular weight is 324 g/mol. The first-order chi connectivity index (χ1) is 11.5. The van der Waals surface area contributed by atoms with Crippen molar-refractivity contribution in [2.75, 3.05) is 25.0 Å². The molecule has 3 heterocycles. The predicted octanol–water partition coefficient (Wildman–Crippen LogP) is 1.57. The minimum atomic E-state index is -0.480. The second kappa shape index (κ2) is 5.19. The number of hydrogen-bond acceptors (Lipinski definition) is 3. The van der Waals surface area contributed by atoms with Crippen molar-refractivity contribution < 1.29 is 9.59 Å². The van der Waals surface area contributed by atoms with Gasteiger partial charge >= 0.3 is 0 Å². The molecule has 0 aliphatic carbocycles. The quantitative estimate of drug-likeness (QED) is 0.800. The van der Waals surface area contributed by atoms with Gasteiger partial charge in [-0.15, -0.1) is 0 Å². The monoisotopic (exact) mass is 324 g/mol. The lowest BCUT2D eigenvalue weighted by Gasteiger charge is -2.38. The number of para-hydroxylation sites is 1. The molecule has 2 aromatic rings. The number of amides is 2. The first-order valence-corrected chi connectivity index (χ1v) is 8.18. The van der Waals surface area contributed by atoms with Gasteiger partial charge in [-0.3, -0.25) is 9.59 Å². The van der Waals surface area contributed by atoms with Gasteiger partial charge in [0.05, 0.1) is 11.7 Å². The van der Waals surface area contributed by atoms with Crippen molar-refractivity contribution in [1.82, 2.24) is 14.5 Å². The van der Waals surface area contributed by atoms with Crippen LogP contribution in [0.1, 0.15) is 28.9 Å². The molecule has 2 amide bonds. The minimum Gasteiger partial charge on any atom is -0.340 e. The molecule has 1 fully saturated rings. The molecule has 0 saturated carbocycles. The van der Waals surface area contributed by atoms with Gasteiger partial charge in [-0.25, -0.2) is 4.98 Å². The Morgan fingerprint density at radius 1 is 1.17 bits per heavy atom. The number of likely N-dealkylation sites (tertiary alicyclic amines) is 1. The van der Waals surface area contributed by atoms with Gasteiger partial charge in [-0.1, -0.05) is 18.2 Å². The third-order valence-electron chi connectivity index (χ3n) is 5.32. The number of carbonyl (C=O) groups excluding carboxylic acids is 2. The van der Waals surface area contributed by atoms with Crippen LogP contribution in [0.4, 0.5) is 5.69 Å². The maximum absolute atomic E-state index is 12.9. The Hall–Kier alpha value is -2.63. The fourth-order valence-electron chi connectivity index (χ4n) is 3.98. The van der Waals surface area contributed by atoms with Gasteiger partial charge in [0, 0.05) is 39.1 Å². The largest absolute Gasteiger partial charge is 0.340 e. The highest BCUT2D eigenvalue weighted by Gasteiger charge is 2.51. The summed E-state index contributed by atoms with van der Waals surface area (Å²) in [5.74, 6) is 0.0890. The van der Waals surface area contributed by atoms with Crippen LogP contribution in [0, 0.1) is 0 Å². The highest BCUT2D eigenvalue weighted by molar-refractivity contribution is 6.08. The molecule has 1 aromatic carbocycles. The first kappa shape index (κ1) is 14.9. The first-order valence-electron chi connectivity index (χ1n) is 8.18. The van der Waals surface area contributed by atoms with Gasteiger partial charge in [0.25, 0.3) is 5.91 Å². The molecule has 1 saturated heterocycles. The summed E-state index contributed by atoms with van der Waals surface area (Å²) in [6.45, 7) is 1.15. The molecule has 6 nitrogen and oxygen atoms in total. The van der Waals surface area contributed by atoms with Crippen LogP contribution in [0.5, 0.6) is 0 Å². The zero-order valence-corrected chi connectivity index (χ0v) is 13.9. The number of aryl methyl sites for hydroxylation is 1. The molecule has 0 radical (unpaired) electrons. The SMILES string of the molecule is CN1C(=O)C2(CCN(C(=O)c3cn(C)cn3)CC2)c2ccccc21. The number of rotatable bonds is 1. The van der Waals surface area contributed by atoms with E-state index in [1.165, 1.54) is 0 Å². The number of likely N-dealkylation sites (N-methyl/N-ethyl adjacent to an activating group) is 1. The zero-order chi connectivity index (χ0) is 16.9. The molecular weight excluding hydrogens is 304 g/mol. The molecule has 0 atom stereocenters. The summed E-state index contributed by atoms with van der Waals surface area (Å²) in [6, 6.07) is 7.99. The van der Waals surface area contributed by atoms with E-state index < -0.39 is 5.41 Å². The second-order valence-corrected chi connectivity index (χ2v) is 6.68. The fourth-order valence-corrected chi connectivity index (χ4v) is 3.98. The summed E-state index contributed by atoms with van der Waals surface area (Å²) in [6.07, 6.45) is 4.68. The number of anilines is 1. The number of piperidine rings is 1. The van der Waals surface area contributed by atoms with Crippen LogP contribution in [0.2, 0.25) is 0 Å². The highest BCUT2D eigenvalue weighted by Crippen LogP contribution is 2.47. The molecule has 4 rings (SSSR count). The maximum Gasteiger partial charge on any atom is 0.274 e. The number of aromatic nitrogens is 2. The van der Waals surface area contributed by atoms with Gasteiger partial charge in [0.2, 0.25) is 5.91 Å². The van der Waals surface area contributed by atoms with Gasteiger partial charge in [-0.2, -0.15) is 0 Å². The van der Waals surface area contributed by atoms with Gasteiger partial charge in [0.15, 0.2) is 0 Å². The molecule has 6 heteroatoms. The Balaban J connectivity index is 1.58. The lowest BCUT2D eigenvalue weighted by Crippen LogP contribution is -2.49. The molecule has 2 aliphatic heterocycles. The Bertz CT molecular complexity index is 818. The molecule has 0 N–H and O–H groups in total. The van der Waals surface area contributed by atoms with E-state index in [0.717, 1.165) is 11.3 Å². The number of benzene rings is 1. The maximum atomic E-state index is 12.9. The minimum absolute atomic E-state index is 0.0578. The van der Waals surface area contributed by atoms with Crippen LogP contribution >= 0.6 is 0 Å². The zero-order valence-electron chi connectivity index (χ0n) is 13.9. The van der Waals surface area contributed by atoms with Gasteiger partial charge < -0.3 is 14.4 Å². The molecule has 0 unspecified atom stereocenters. The van der Waals surface area contributed by atoms with Crippen LogP contribution in [-0.4, -0.2) is 46.4 Å². The van der Waals surface area contributed by atoms with Gasteiger partial charge in [-0.05, 0) is 24.5 Å². The van der Waals surface area contributed by atoms with Crippen LogP contribution in [0.3, 0.4) is 0 Å². The molecular formula is C18H20N4O2. The van der Waals surface area contributed by atoms with E-state index in [1.807, 2.05) is 43.3 Å². The van der Waals surface area contributed by atoms with E-state index in [9.17, 15) is 9.59 Å². The molecule has 24 heavy (non-hydrogen) atoms. The third-order valence-corrected chi connectivity index (χ3v) is 5.32. The second-order valence-electron chi connectivity index (χ2n) is 6.68. The number of fused-ring (bicyclic) bond motifs is 2. The van der Waals surface area contributed by atoms with E-state index in [4.69, 9.17) is 0 Å². The summed E-state index contributed by atoms with van der Waals surface area (Å²) >= 11 is 0. The standard InChI is InChI=1S/C18H20N4O2/c1-20-11-14(19-12-20)16(23)22-9-7-18(8-10-22)13-5-3-4-6-15(13)21(2)17(18)24/h3-6,11-12H,7-10H2,1-2H3. The molecule has 124 valence electrons. The van der Waals surface area contributed by atoms with Crippen molar-refractivity contribution in [3.63, 3.8) is 0 Å². The van der Waals surface area contributed by atoms with Crippen LogP contribution < -0.4 is 4.90 Å². The van der Waals surface area contributed by atoms with E-state index in [2.05, 4.69) is 4.98 Å². The average Bonchev–Trinajstić information content (AvgIpc) is 3.13. The Kier molecular flexibility index (Phi) is 3.23. The molecule has 1 spiro atoms. The topological polar surface area (TPSA) is 58.4 Å². The van der Waals surface area contributed by atoms with E-state index in [0.29, 0.717) is 31.6 Å². The van der Waals surface area contributed by atoms with Crippen molar-refractivity contribution in [3.05, 3.63) is 48.0 Å². The van der Waals surface area contributed by atoms with Crippen molar-refractivity contribution in [1.29, 1.82) is 0 Å². The van der Waals surface area contributed by atoms with E-state index in [-0.39, 0.29) is 11.8 Å².